The quantitative estimate of drug-likeness (QED) is 0.591. The Morgan fingerprint density at radius 3 is 2.70 bits per heavy atom. The summed E-state index contributed by atoms with van der Waals surface area (Å²) in [4.78, 5) is 22.2. The van der Waals surface area contributed by atoms with Gasteiger partial charge in [0, 0.05) is 33.2 Å². The number of nitriles is 1. The van der Waals surface area contributed by atoms with Gasteiger partial charge in [0.05, 0.1) is 11.8 Å². The summed E-state index contributed by atoms with van der Waals surface area (Å²) in [5.41, 5.74) is 2.40. The van der Waals surface area contributed by atoms with E-state index < -0.39 is 11.3 Å². The minimum atomic E-state index is -0.579. The zero-order valence-electron chi connectivity index (χ0n) is 16.0. The maximum atomic E-state index is 12.9. The van der Waals surface area contributed by atoms with Gasteiger partial charge in [-0.2, -0.15) is 10.4 Å². The monoisotopic (exact) mass is 475 g/mol. The molecule has 2 aromatic heterocycles. The van der Waals surface area contributed by atoms with Crippen molar-refractivity contribution >= 4 is 28.4 Å². The molecule has 2 aliphatic rings. The molecule has 0 saturated heterocycles. The number of carbonyl (C=O) groups is 1. The van der Waals surface area contributed by atoms with Crippen LogP contribution in [0.25, 0.3) is 11.4 Å². The second-order valence-corrected chi connectivity index (χ2v) is 9.69. The molecule has 4 rings (SSSR count). The molecule has 1 saturated carbocycles. The summed E-state index contributed by atoms with van der Waals surface area (Å²) < 4.78 is 2.74. The van der Waals surface area contributed by atoms with Crippen molar-refractivity contribution < 1.29 is 4.79 Å². The zero-order chi connectivity index (χ0) is 19.6. The molecule has 0 amide bonds. The van der Waals surface area contributed by atoms with Gasteiger partial charge in [0.15, 0.2) is 11.6 Å². The summed E-state index contributed by atoms with van der Waals surface area (Å²) in [5.74, 6) is 0.384. The number of halogens is 1. The van der Waals surface area contributed by atoms with Crippen LogP contribution in [0.2, 0.25) is 0 Å². The third-order valence-corrected chi connectivity index (χ3v) is 7.37. The SMILES string of the molecule is Cn1cnc(-c2c(I)cnc3c2CC[C@H]2C(C)(C)C(=O)C(C#N)C[C@]32C)n1. The molecular weight excluding hydrogens is 453 g/mol. The molecule has 2 aromatic rings. The number of carbonyl (C=O) groups excluding carboxylic acids is 1. The van der Waals surface area contributed by atoms with Gasteiger partial charge >= 0.3 is 0 Å². The third-order valence-electron chi connectivity index (χ3n) is 6.56. The Hall–Kier alpha value is -1.82. The van der Waals surface area contributed by atoms with Gasteiger partial charge in [-0.15, -0.1) is 0 Å². The van der Waals surface area contributed by atoms with Gasteiger partial charge in [-0.25, -0.2) is 4.98 Å². The Kier molecular flexibility index (Phi) is 4.18. The van der Waals surface area contributed by atoms with Crippen molar-refractivity contribution in [2.45, 2.75) is 45.4 Å². The molecule has 0 aromatic carbocycles. The summed E-state index contributed by atoms with van der Waals surface area (Å²) in [6.45, 7) is 6.19. The van der Waals surface area contributed by atoms with E-state index in [1.54, 1.807) is 11.0 Å². The molecule has 0 radical (unpaired) electrons. The summed E-state index contributed by atoms with van der Waals surface area (Å²) >= 11 is 2.30. The first-order chi connectivity index (χ1) is 12.7. The molecule has 0 N–H and O–H groups in total. The van der Waals surface area contributed by atoms with E-state index in [2.05, 4.69) is 45.7 Å². The van der Waals surface area contributed by atoms with Crippen LogP contribution in [0, 0.1) is 32.2 Å². The van der Waals surface area contributed by atoms with Crippen molar-refractivity contribution in [3.63, 3.8) is 0 Å². The van der Waals surface area contributed by atoms with Crippen molar-refractivity contribution in [1.82, 2.24) is 19.7 Å². The molecule has 2 heterocycles. The maximum absolute atomic E-state index is 12.9. The molecule has 0 spiro atoms. The smallest absolute Gasteiger partial charge is 0.182 e. The number of nitrogens with zero attached hydrogens (tertiary/aromatic N) is 5. The maximum Gasteiger partial charge on any atom is 0.182 e. The lowest BCUT2D eigenvalue weighted by Crippen LogP contribution is -2.55. The van der Waals surface area contributed by atoms with E-state index in [-0.39, 0.29) is 17.1 Å². The number of aromatic nitrogens is 4. The highest BCUT2D eigenvalue weighted by atomic mass is 127. The molecule has 3 atom stereocenters. The van der Waals surface area contributed by atoms with Crippen LogP contribution in [0.1, 0.15) is 44.9 Å². The second-order valence-electron chi connectivity index (χ2n) is 8.53. The molecule has 7 heteroatoms. The average molecular weight is 475 g/mol. The fourth-order valence-electron chi connectivity index (χ4n) is 5.37. The first kappa shape index (κ1) is 18.5. The number of fused-ring (bicyclic) bond motifs is 3. The summed E-state index contributed by atoms with van der Waals surface area (Å²) in [5, 5.41) is 14.1. The molecule has 1 unspecified atom stereocenters. The van der Waals surface area contributed by atoms with Crippen LogP contribution in [0.3, 0.4) is 0 Å². The first-order valence-electron chi connectivity index (χ1n) is 9.18. The number of aryl methyl sites for hydroxylation is 1. The van der Waals surface area contributed by atoms with Gasteiger partial charge < -0.3 is 0 Å². The van der Waals surface area contributed by atoms with E-state index in [0.717, 1.165) is 27.7 Å². The fraction of sp³-hybridized carbons (Fsp3) is 0.550. The van der Waals surface area contributed by atoms with Gasteiger partial charge in [0.2, 0.25) is 0 Å². The van der Waals surface area contributed by atoms with E-state index in [1.807, 2.05) is 27.1 Å². The highest BCUT2D eigenvalue weighted by molar-refractivity contribution is 14.1. The Morgan fingerprint density at radius 2 is 2.07 bits per heavy atom. The minimum absolute atomic E-state index is 0.0769. The predicted molar refractivity (Wildman–Crippen MR) is 109 cm³/mol. The Balaban J connectivity index is 1.93. The van der Waals surface area contributed by atoms with Crippen LogP contribution < -0.4 is 0 Å². The Labute approximate surface area is 172 Å². The Bertz CT molecular complexity index is 989. The lowest BCUT2D eigenvalue weighted by Gasteiger charge is -2.53. The second kappa shape index (κ2) is 6.09. The summed E-state index contributed by atoms with van der Waals surface area (Å²) in [6, 6.07) is 2.25. The number of Topliss-reactive ketones (excluding diaryl/α,β-unsaturated/α-hetero) is 1. The highest BCUT2D eigenvalue weighted by Crippen LogP contribution is 2.57. The number of pyridine rings is 1. The topological polar surface area (TPSA) is 84.5 Å². The van der Waals surface area contributed by atoms with Crippen molar-refractivity contribution in [3.05, 3.63) is 27.4 Å². The Morgan fingerprint density at radius 1 is 1.33 bits per heavy atom. The van der Waals surface area contributed by atoms with E-state index in [9.17, 15) is 10.1 Å². The molecule has 27 heavy (non-hydrogen) atoms. The van der Waals surface area contributed by atoms with E-state index >= 15 is 0 Å². The lowest BCUT2D eigenvalue weighted by atomic mass is 9.48. The zero-order valence-corrected chi connectivity index (χ0v) is 18.1. The number of rotatable bonds is 1. The van der Waals surface area contributed by atoms with Gasteiger partial charge in [0.25, 0.3) is 0 Å². The van der Waals surface area contributed by atoms with Crippen LogP contribution in [0.5, 0.6) is 0 Å². The standard InChI is InChI=1S/C20H22IN5O/c1-19(2)14-6-5-12-15(18-24-10-26(4)25-18)13(21)9-23-16(12)20(14,3)7-11(8-22)17(19)27/h9-11,14H,5-7H2,1-4H3/t11?,14-,20-/m0/s1. The normalized spacial score (nSPS) is 29.0. The van der Waals surface area contributed by atoms with E-state index in [4.69, 9.17) is 4.98 Å². The lowest BCUT2D eigenvalue weighted by molar-refractivity contribution is -0.140. The molecular formula is C20H22IN5O. The van der Waals surface area contributed by atoms with Gasteiger partial charge in [-0.05, 0) is 53.3 Å². The van der Waals surface area contributed by atoms with Crippen LogP contribution >= 0.6 is 22.6 Å². The average Bonchev–Trinajstić information content (AvgIpc) is 3.03. The van der Waals surface area contributed by atoms with Crippen molar-refractivity contribution in [3.8, 4) is 17.5 Å². The van der Waals surface area contributed by atoms with Crippen LogP contribution in [-0.2, 0) is 23.7 Å². The van der Waals surface area contributed by atoms with Gasteiger partial charge in [0.1, 0.15) is 12.2 Å². The van der Waals surface area contributed by atoms with Gasteiger partial charge in [-0.3, -0.25) is 14.5 Å². The molecule has 0 bridgehead atoms. The molecule has 140 valence electrons. The third kappa shape index (κ3) is 2.56. The fourth-order valence-corrected chi connectivity index (χ4v) is 6.07. The largest absolute Gasteiger partial charge is 0.298 e. The molecule has 0 aliphatic heterocycles. The first-order valence-corrected chi connectivity index (χ1v) is 10.3. The highest BCUT2D eigenvalue weighted by Gasteiger charge is 2.58. The van der Waals surface area contributed by atoms with Crippen molar-refractivity contribution in [2.75, 3.05) is 0 Å². The number of hydrogen-bond acceptors (Lipinski definition) is 5. The summed E-state index contributed by atoms with van der Waals surface area (Å²) in [6.07, 6.45) is 5.87. The van der Waals surface area contributed by atoms with Crippen molar-refractivity contribution in [2.24, 2.45) is 24.3 Å². The summed E-state index contributed by atoms with van der Waals surface area (Å²) in [7, 11) is 1.86. The van der Waals surface area contributed by atoms with E-state index in [0.29, 0.717) is 12.2 Å². The predicted octanol–water partition coefficient (Wildman–Crippen LogP) is 3.44. The number of ketones is 1. The van der Waals surface area contributed by atoms with Crippen molar-refractivity contribution in [1.29, 1.82) is 5.26 Å². The van der Waals surface area contributed by atoms with Crippen LogP contribution in [0.4, 0.5) is 0 Å². The minimum Gasteiger partial charge on any atom is -0.298 e. The van der Waals surface area contributed by atoms with Gasteiger partial charge in [-0.1, -0.05) is 20.8 Å². The molecule has 6 nitrogen and oxygen atoms in total. The number of hydrogen-bond donors (Lipinski definition) is 0. The molecule has 1 fully saturated rings. The molecule has 2 aliphatic carbocycles. The van der Waals surface area contributed by atoms with E-state index in [1.165, 1.54) is 5.56 Å². The van der Waals surface area contributed by atoms with Crippen LogP contribution in [-0.4, -0.2) is 25.5 Å². The van der Waals surface area contributed by atoms with Crippen LogP contribution in [0.15, 0.2) is 12.5 Å².